The van der Waals surface area contributed by atoms with Gasteiger partial charge in [-0.05, 0) is 61.2 Å². The summed E-state index contributed by atoms with van der Waals surface area (Å²) in [6, 6.07) is 11.3. The summed E-state index contributed by atoms with van der Waals surface area (Å²) >= 11 is 0. The molecule has 0 unspecified atom stereocenters. The maximum Gasteiger partial charge on any atom is 0.253 e. The lowest BCUT2D eigenvalue weighted by molar-refractivity contribution is -0.122. The molecule has 2 aromatic rings. The van der Waals surface area contributed by atoms with Gasteiger partial charge in [-0.3, -0.25) is 9.59 Å². The first kappa shape index (κ1) is 21.6. The highest BCUT2D eigenvalue weighted by Crippen LogP contribution is 2.28. The van der Waals surface area contributed by atoms with Crippen LogP contribution in [-0.4, -0.2) is 50.1 Å². The van der Waals surface area contributed by atoms with Gasteiger partial charge in [0.25, 0.3) is 5.91 Å². The van der Waals surface area contributed by atoms with Crippen molar-refractivity contribution in [2.24, 2.45) is 0 Å². The molecule has 2 amide bonds. The third-order valence-corrected chi connectivity index (χ3v) is 5.33. The van der Waals surface area contributed by atoms with E-state index in [1.165, 1.54) is 24.3 Å². The van der Waals surface area contributed by atoms with Crippen LogP contribution in [0.3, 0.4) is 0 Å². The fourth-order valence-electron chi connectivity index (χ4n) is 3.60. The second-order valence-electron chi connectivity index (χ2n) is 7.33. The van der Waals surface area contributed by atoms with Crippen molar-refractivity contribution in [1.82, 2.24) is 10.2 Å². The first-order valence-corrected chi connectivity index (χ1v) is 10.0. The molecule has 1 N–H and O–H groups in total. The summed E-state index contributed by atoms with van der Waals surface area (Å²) in [6.07, 6.45) is 2.39. The molecule has 7 heteroatoms. The van der Waals surface area contributed by atoms with Crippen LogP contribution in [0.25, 0.3) is 0 Å². The van der Waals surface area contributed by atoms with Crippen LogP contribution in [0.4, 0.5) is 4.39 Å². The lowest BCUT2D eigenvalue weighted by Crippen LogP contribution is -2.46. The van der Waals surface area contributed by atoms with Crippen LogP contribution in [0.1, 0.15) is 35.2 Å². The van der Waals surface area contributed by atoms with Crippen molar-refractivity contribution in [3.05, 3.63) is 59.4 Å². The normalized spacial score (nSPS) is 14.3. The molecule has 0 aliphatic carbocycles. The van der Waals surface area contributed by atoms with Crippen LogP contribution in [-0.2, 0) is 11.2 Å². The van der Waals surface area contributed by atoms with Crippen LogP contribution >= 0.6 is 0 Å². The van der Waals surface area contributed by atoms with Gasteiger partial charge in [-0.1, -0.05) is 6.07 Å². The van der Waals surface area contributed by atoms with Crippen molar-refractivity contribution in [3.63, 3.8) is 0 Å². The quantitative estimate of drug-likeness (QED) is 0.756. The molecule has 0 atom stereocenters. The first-order valence-electron chi connectivity index (χ1n) is 10.0. The van der Waals surface area contributed by atoms with Gasteiger partial charge >= 0.3 is 0 Å². The Morgan fingerprint density at radius 2 is 1.70 bits per heavy atom. The first-order chi connectivity index (χ1) is 14.5. The highest BCUT2D eigenvalue weighted by molar-refractivity contribution is 5.94. The molecule has 6 nitrogen and oxygen atoms in total. The van der Waals surface area contributed by atoms with Gasteiger partial charge in [0.1, 0.15) is 5.82 Å². The highest BCUT2D eigenvalue weighted by atomic mass is 19.1. The molecule has 30 heavy (non-hydrogen) atoms. The summed E-state index contributed by atoms with van der Waals surface area (Å²) in [6.45, 7) is 1.13. The third-order valence-electron chi connectivity index (χ3n) is 5.33. The minimum Gasteiger partial charge on any atom is -0.493 e. The summed E-state index contributed by atoms with van der Waals surface area (Å²) in [5.74, 6) is 0.837. The van der Waals surface area contributed by atoms with Crippen molar-refractivity contribution in [3.8, 4) is 11.5 Å². The number of piperidine rings is 1. The number of methoxy groups -OCH3 is 2. The molecule has 3 rings (SSSR count). The summed E-state index contributed by atoms with van der Waals surface area (Å²) in [5, 5.41) is 3.06. The monoisotopic (exact) mass is 414 g/mol. The number of hydrogen-bond acceptors (Lipinski definition) is 4. The number of likely N-dealkylation sites (tertiary alicyclic amines) is 1. The molecule has 0 saturated carbocycles. The zero-order chi connectivity index (χ0) is 21.5. The van der Waals surface area contributed by atoms with Crippen LogP contribution in [0.15, 0.2) is 42.5 Å². The number of aryl methyl sites for hydroxylation is 1. The molecule has 0 spiro atoms. The number of halogens is 1. The second kappa shape index (κ2) is 10.1. The van der Waals surface area contributed by atoms with Gasteiger partial charge in [0.2, 0.25) is 5.91 Å². The van der Waals surface area contributed by atoms with Gasteiger partial charge in [-0.25, -0.2) is 4.39 Å². The van der Waals surface area contributed by atoms with E-state index < -0.39 is 0 Å². The van der Waals surface area contributed by atoms with Gasteiger partial charge in [0, 0.05) is 31.1 Å². The number of hydrogen-bond donors (Lipinski definition) is 1. The van der Waals surface area contributed by atoms with E-state index in [0.717, 1.165) is 5.56 Å². The Kier molecular flexibility index (Phi) is 7.27. The molecule has 0 aromatic heterocycles. The van der Waals surface area contributed by atoms with E-state index in [1.54, 1.807) is 19.1 Å². The van der Waals surface area contributed by atoms with E-state index in [-0.39, 0.29) is 23.7 Å². The van der Waals surface area contributed by atoms with Crippen molar-refractivity contribution in [1.29, 1.82) is 0 Å². The number of ether oxygens (including phenoxy) is 2. The Balaban J connectivity index is 1.44. The molecule has 1 aliphatic heterocycles. The van der Waals surface area contributed by atoms with Gasteiger partial charge in [0.05, 0.1) is 14.2 Å². The molecule has 0 radical (unpaired) electrons. The van der Waals surface area contributed by atoms with E-state index in [1.807, 2.05) is 18.2 Å². The fraction of sp³-hybridized carbons (Fsp3) is 0.391. The lowest BCUT2D eigenvalue weighted by atomic mass is 10.0. The van der Waals surface area contributed by atoms with E-state index in [0.29, 0.717) is 55.8 Å². The largest absolute Gasteiger partial charge is 0.493 e. The van der Waals surface area contributed by atoms with Gasteiger partial charge < -0.3 is 19.7 Å². The molecular weight excluding hydrogens is 387 g/mol. The lowest BCUT2D eigenvalue weighted by Gasteiger charge is -2.32. The molecule has 1 heterocycles. The molecule has 160 valence electrons. The van der Waals surface area contributed by atoms with E-state index in [2.05, 4.69) is 5.32 Å². The Hall–Kier alpha value is -3.09. The smallest absolute Gasteiger partial charge is 0.253 e. The van der Waals surface area contributed by atoms with E-state index in [4.69, 9.17) is 9.47 Å². The van der Waals surface area contributed by atoms with Crippen molar-refractivity contribution in [2.75, 3.05) is 27.3 Å². The Morgan fingerprint density at radius 3 is 2.33 bits per heavy atom. The summed E-state index contributed by atoms with van der Waals surface area (Å²) in [4.78, 5) is 26.6. The number of benzene rings is 2. The van der Waals surface area contributed by atoms with Gasteiger partial charge in [-0.15, -0.1) is 0 Å². The number of nitrogens with zero attached hydrogens (tertiary/aromatic N) is 1. The van der Waals surface area contributed by atoms with E-state index >= 15 is 0 Å². The van der Waals surface area contributed by atoms with Gasteiger partial charge in [0.15, 0.2) is 11.5 Å². The summed E-state index contributed by atoms with van der Waals surface area (Å²) < 4.78 is 23.6. The number of amides is 2. The number of carbonyl (C=O) groups is 2. The number of rotatable bonds is 7. The van der Waals surface area contributed by atoms with Crippen molar-refractivity contribution >= 4 is 11.8 Å². The molecular formula is C23H27FN2O4. The van der Waals surface area contributed by atoms with Crippen molar-refractivity contribution in [2.45, 2.75) is 31.7 Å². The minimum absolute atomic E-state index is 0.00639. The van der Waals surface area contributed by atoms with Crippen LogP contribution in [0.5, 0.6) is 11.5 Å². The topological polar surface area (TPSA) is 67.9 Å². The maximum atomic E-state index is 13.0. The number of nitrogens with one attached hydrogen (secondary N) is 1. The number of carbonyl (C=O) groups excluding carboxylic acids is 2. The Bertz CT molecular complexity index is 877. The predicted octanol–water partition coefficient (Wildman–Crippen LogP) is 3.20. The molecule has 1 fully saturated rings. The highest BCUT2D eigenvalue weighted by Gasteiger charge is 2.24. The van der Waals surface area contributed by atoms with Crippen molar-refractivity contribution < 1.29 is 23.5 Å². The Morgan fingerprint density at radius 1 is 1.03 bits per heavy atom. The van der Waals surface area contributed by atoms with Crippen LogP contribution in [0.2, 0.25) is 0 Å². The molecule has 1 saturated heterocycles. The van der Waals surface area contributed by atoms with E-state index in [9.17, 15) is 14.0 Å². The zero-order valence-electron chi connectivity index (χ0n) is 17.3. The van der Waals surface area contributed by atoms with Gasteiger partial charge in [-0.2, -0.15) is 0 Å². The summed E-state index contributed by atoms with van der Waals surface area (Å²) in [7, 11) is 3.17. The second-order valence-corrected chi connectivity index (χ2v) is 7.33. The average molecular weight is 414 g/mol. The SMILES string of the molecule is COc1ccc(CCC(=O)NC2CCN(C(=O)c3ccc(F)cc3)CC2)cc1OC. The molecule has 2 aromatic carbocycles. The van der Waals surface area contributed by atoms with Crippen LogP contribution < -0.4 is 14.8 Å². The standard InChI is InChI=1S/C23H27FN2O4/c1-29-20-9-3-16(15-21(20)30-2)4-10-22(27)25-19-11-13-26(14-12-19)23(28)17-5-7-18(24)8-6-17/h3,5-9,15,19H,4,10-14H2,1-2H3,(H,25,27). The molecule has 1 aliphatic rings. The summed E-state index contributed by atoms with van der Waals surface area (Å²) in [5.41, 5.74) is 1.48. The Labute approximate surface area is 176 Å². The van der Waals surface area contributed by atoms with Crippen LogP contribution in [0, 0.1) is 5.82 Å². The third kappa shape index (κ3) is 5.49. The maximum absolute atomic E-state index is 13.0. The predicted molar refractivity (Wildman–Crippen MR) is 111 cm³/mol. The fourth-order valence-corrected chi connectivity index (χ4v) is 3.60. The molecule has 0 bridgehead atoms. The zero-order valence-corrected chi connectivity index (χ0v) is 17.3. The minimum atomic E-state index is -0.360. The average Bonchev–Trinajstić information content (AvgIpc) is 2.78.